The Balaban J connectivity index is 1.11. The van der Waals surface area contributed by atoms with Gasteiger partial charge in [-0.2, -0.15) is 0 Å². The zero-order chi connectivity index (χ0) is 31.0. The maximum absolute atomic E-state index is 6.44. The van der Waals surface area contributed by atoms with Crippen LogP contribution in [0.25, 0.3) is 11.1 Å². The lowest BCUT2D eigenvalue weighted by molar-refractivity contribution is 0.00502. The van der Waals surface area contributed by atoms with Crippen molar-refractivity contribution in [2.24, 2.45) is 0 Å². The Labute approximate surface area is 267 Å². The van der Waals surface area contributed by atoms with E-state index in [2.05, 4.69) is 35.7 Å². The summed E-state index contributed by atoms with van der Waals surface area (Å²) >= 11 is 6.44. The third kappa shape index (κ3) is 8.06. The lowest BCUT2D eigenvalue weighted by Crippen LogP contribution is -2.45. The van der Waals surface area contributed by atoms with Gasteiger partial charge in [0, 0.05) is 44.2 Å². The number of benzene rings is 1. The molecule has 1 aliphatic heterocycles. The number of ether oxygens (including phenoxy) is 4. The second-order valence-electron chi connectivity index (χ2n) is 11.3. The van der Waals surface area contributed by atoms with Gasteiger partial charge in [0.1, 0.15) is 30.5 Å². The summed E-state index contributed by atoms with van der Waals surface area (Å²) in [4.78, 5) is 11.7. The van der Waals surface area contributed by atoms with Crippen molar-refractivity contribution < 1.29 is 18.9 Å². The van der Waals surface area contributed by atoms with E-state index >= 15 is 0 Å². The molecule has 2 fully saturated rings. The zero-order valence-electron chi connectivity index (χ0n) is 25.6. The van der Waals surface area contributed by atoms with Gasteiger partial charge in [-0.3, -0.25) is 9.58 Å². The van der Waals surface area contributed by atoms with Crippen LogP contribution in [0.2, 0.25) is 5.02 Å². The highest BCUT2D eigenvalue weighted by atomic mass is 35.5. The number of methoxy groups -OCH3 is 1. The Morgan fingerprint density at radius 2 is 1.82 bits per heavy atom. The average molecular weight is 639 g/mol. The highest BCUT2D eigenvalue weighted by Crippen LogP contribution is 2.35. The Hall–Kier alpha value is -3.85. The minimum atomic E-state index is -0.204. The molecule has 240 valence electrons. The summed E-state index contributed by atoms with van der Waals surface area (Å²) in [5.74, 6) is 1.50. The second-order valence-corrected chi connectivity index (χ2v) is 11.7. The van der Waals surface area contributed by atoms with Crippen LogP contribution in [0.3, 0.4) is 0 Å². The minimum Gasteiger partial charge on any atom is -0.487 e. The molecule has 0 unspecified atom stereocenters. The Kier molecular flexibility index (Phi) is 10.4. The summed E-state index contributed by atoms with van der Waals surface area (Å²) in [6, 6.07) is 6.51. The monoisotopic (exact) mass is 638 g/mol. The minimum absolute atomic E-state index is 0.204. The summed E-state index contributed by atoms with van der Waals surface area (Å²) in [5.41, 5.74) is 2.41. The quantitative estimate of drug-likeness (QED) is 0.211. The summed E-state index contributed by atoms with van der Waals surface area (Å²) in [7, 11) is 1.65. The van der Waals surface area contributed by atoms with Gasteiger partial charge >= 0.3 is 0 Å². The van der Waals surface area contributed by atoms with E-state index in [4.69, 9.17) is 35.6 Å². The highest BCUT2D eigenvalue weighted by molar-refractivity contribution is 6.32. The van der Waals surface area contributed by atoms with Gasteiger partial charge in [0.25, 0.3) is 5.88 Å². The molecular weight excluding hydrogens is 600 g/mol. The summed E-state index contributed by atoms with van der Waals surface area (Å²) < 4.78 is 26.4. The first-order valence-electron chi connectivity index (χ1n) is 15.3. The normalized spacial score (nSPS) is 19.7. The molecule has 45 heavy (non-hydrogen) atoms. The molecule has 0 spiro atoms. The largest absolute Gasteiger partial charge is 0.487 e. The Morgan fingerprint density at radius 3 is 2.56 bits per heavy atom. The third-order valence-corrected chi connectivity index (χ3v) is 8.47. The van der Waals surface area contributed by atoms with Gasteiger partial charge in [-0.25, -0.2) is 14.6 Å². The van der Waals surface area contributed by atoms with Crippen molar-refractivity contribution in [3.63, 3.8) is 0 Å². The zero-order valence-corrected chi connectivity index (χ0v) is 26.3. The average Bonchev–Trinajstić information content (AvgIpc) is 3.73. The molecule has 1 atom stereocenters. The molecule has 1 saturated carbocycles. The van der Waals surface area contributed by atoms with Crippen molar-refractivity contribution >= 4 is 23.2 Å². The maximum Gasteiger partial charge on any atom is 0.257 e. The van der Waals surface area contributed by atoms with Gasteiger partial charge in [0.2, 0.25) is 5.95 Å². The molecule has 1 aliphatic carbocycles. The van der Waals surface area contributed by atoms with Gasteiger partial charge in [-0.05, 0) is 60.7 Å². The van der Waals surface area contributed by atoms with E-state index in [0.29, 0.717) is 60.1 Å². The number of hydrogen-bond acceptors (Lipinski definition) is 12. The molecule has 2 aliphatic rings. The number of nitrogens with zero attached hydrogens (tertiary/aromatic N) is 9. The van der Waals surface area contributed by atoms with Crippen LogP contribution in [0.4, 0.5) is 11.6 Å². The topological polar surface area (TPSA) is 139 Å². The van der Waals surface area contributed by atoms with E-state index in [-0.39, 0.29) is 6.10 Å². The Morgan fingerprint density at radius 1 is 1.04 bits per heavy atom. The number of anilines is 2. The van der Waals surface area contributed by atoms with E-state index in [1.54, 1.807) is 36.6 Å². The first-order valence-corrected chi connectivity index (χ1v) is 15.7. The predicted octanol–water partition coefficient (Wildman–Crippen LogP) is 4.03. The summed E-state index contributed by atoms with van der Waals surface area (Å²) in [6.07, 6.45) is 11.3. The van der Waals surface area contributed by atoms with Gasteiger partial charge in [0.05, 0.1) is 43.6 Å². The van der Waals surface area contributed by atoms with Gasteiger partial charge in [0.15, 0.2) is 0 Å². The number of hydrogen-bond donors (Lipinski definition) is 1. The van der Waals surface area contributed by atoms with Crippen molar-refractivity contribution in [3.8, 4) is 22.8 Å². The molecule has 4 aromatic rings. The lowest BCUT2D eigenvalue weighted by Gasteiger charge is -2.38. The molecule has 14 nitrogen and oxygen atoms in total. The van der Waals surface area contributed by atoms with Gasteiger partial charge in [-0.15, -0.1) is 10.2 Å². The van der Waals surface area contributed by atoms with Crippen molar-refractivity contribution in [2.75, 3.05) is 51.9 Å². The number of nitrogens with one attached hydrogen (secondary N) is 1. The fourth-order valence-corrected chi connectivity index (χ4v) is 5.99. The number of rotatable bonds is 13. The predicted molar refractivity (Wildman–Crippen MR) is 167 cm³/mol. The summed E-state index contributed by atoms with van der Waals surface area (Å²) in [6.45, 7) is 6.98. The molecule has 6 rings (SSSR count). The van der Waals surface area contributed by atoms with Crippen LogP contribution in [0.15, 0.2) is 43.1 Å². The summed E-state index contributed by atoms with van der Waals surface area (Å²) in [5, 5.41) is 19.8. The number of aromatic nitrogens is 8. The molecule has 1 aromatic carbocycles. The molecule has 1 N–H and O–H groups in total. The molecule has 0 amide bonds. The number of morpholine rings is 1. The fourth-order valence-electron chi connectivity index (χ4n) is 5.82. The number of tetrazole rings is 1. The molecule has 0 bridgehead atoms. The molecule has 1 saturated heterocycles. The molecule has 4 heterocycles. The van der Waals surface area contributed by atoms with Crippen LogP contribution in [0.1, 0.15) is 38.6 Å². The van der Waals surface area contributed by atoms with E-state index in [1.807, 2.05) is 29.9 Å². The second kappa shape index (κ2) is 15.0. The number of halogens is 1. The van der Waals surface area contributed by atoms with Crippen LogP contribution in [-0.4, -0.2) is 104 Å². The molecule has 0 radical (unpaired) electrons. The first-order chi connectivity index (χ1) is 22.1. The maximum atomic E-state index is 6.44. The lowest BCUT2D eigenvalue weighted by atomic mass is 9.90. The van der Waals surface area contributed by atoms with E-state index in [1.165, 1.54) is 0 Å². The van der Waals surface area contributed by atoms with Crippen molar-refractivity contribution in [2.45, 2.75) is 57.3 Å². The van der Waals surface area contributed by atoms with Crippen molar-refractivity contribution in [1.82, 2.24) is 44.9 Å². The van der Waals surface area contributed by atoms with E-state index in [0.717, 1.165) is 63.1 Å². The standard InChI is InChI=1S/C30H39ClN10O4/c1-21(18-40-20-34-37-38-40)45-28-15-22(3-8-26(28)31)23-16-32-30(33-17-23)35-27-19-41(36-29(27)44-14-13-42-2)25-6-4-24(5-7-25)39-9-11-43-12-10-39/h3,8,15-17,19-21,24-25H,4-7,9-14,18H2,1-2H3,(H,32,33,35)/t21-,24-,25-/m0/s1. The van der Waals surface area contributed by atoms with E-state index < -0.39 is 0 Å². The van der Waals surface area contributed by atoms with Crippen LogP contribution >= 0.6 is 11.6 Å². The highest BCUT2D eigenvalue weighted by Gasteiger charge is 2.29. The molecule has 15 heteroatoms. The smallest absolute Gasteiger partial charge is 0.257 e. The van der Waals surface area contributed by atoms with Crippen LogP contribution in [0.5, 0.6) is 11.6 Å². The van der Waals surface area contributed by atoms with Crippen LogP contribution in [-0.2, 0) is 16.0 Å². The van der Waals surface area contributed by atoms with Crippen molar-refractivity contribution in [3.05, 3.63) is 48.1 Å². The van der Waals surface area contributed by atoms with Crippen LogP contribution in [0, 0.1) is 0 Å². The van der Waals surface area contributed by atoms with Crippen LogP contribution < -0.4 is 14.8 Å². The SMILES string of the molecule is COCCOc1nn([C@H]2CC[C@H](N3CCOCC3)CC2)cc1Nc1ncc(-c2ccc(Cl)c(O[C@@H](C)Cn3cnnn3)c2)cn1. The first kappa shape index (κ1) is 31.1. The third-order valence-electron chi connectivity index (χ3n) is 8.15. The Bertz CT molecular complexity index is 1490. The van der Waals surface area contributed by atoms with E-state index in [9.17, 15) is 0 Å². The fraction of sp³-hybridized carbons (Fsp3) is 0.533. The molecule has 3 aromatic heterocycles. The van der Waals surface area contributed by atoms with Gasteiger partial charge < -0.3 is 24.3 Å². The van der Waals surface area contributed by atoms with Crippen molar-refractivity contribution in [1.29, 1.82) is 0 Å². The van der Waals surface area contributed by atoms with Gasteiger partial charge in [-0.1, -0.05) is 17.7 Å². The molecular formula is C30H39ClN10O4.